The van der Waals surface area contributed by atoms with Gasteiger partial charge in [-0.1, -0.05) is 39.8 Å². The molecular formula is C24H33N3O3. The van der Waals surface area contributed by atoms with Gasteiger partial charge in [0.05, 0.1) is 5.69 Å². The zero-order valence-corrected chi connectivity index (χ0v) is 18.8. The molecule has 0 unspecified atom stereocenters. The molecule has 1 aliphatic rings. The van der Waals surface area contributed by atoms with E-state index in [2.05, 4.69) is 32.7 Å². The SMILES string of the molecule is Cc1nc(CC(C)C)oc1C(=O)N(CC(=O)N1CCCC1)c1ccc(C(C)C)cc1. The predicted molar refractivity (Wildman–Crippen MR) is 118 cm³/mol. The third kappa shape index (κ3) is 5.10. The molecule has 1 fully saturated rings. The molecule has 6 nitrogen and oxygen atoms in total. The molecule has 2 heterocycles. The van der Waals surface area contributed by atoms with Gasteiger partial charge in [-0.2, -0.15) is 0 Å². The zero-order chi connectivity index (χ0) is 21.8. The van der Waals surface area contributed by atoms with Crippen molar-refractivity contribution in [2.24, 2.45) is 5.92 Å². The lowest BCUT2D eigenvalue weighted by Gasteiger charge is -2.25. The van der Waals surface area contributed by atoms with Gasteiger partial charge in [0.15, 0.2) is 5.89 Å². The van der Waals surface area contributed by atoms with Gasteiger partial charge in [0.2, 0.25) is 11.7 Å². The summed E-state index contributed by atoms with van der Waals surface area (Å²) in [6, 6.07) is 7.84. The van der Waals surface area contributed by atoms with Crippen molar-refractivity contribution in [3.8, 4) is 0 Å². The van der Waals surface area contributed by atoms with Gasteiger partial charge < -0.3 is 9.32 Å². The van der Waals surface area contributed by atoms with Crippen molar-refractivity contribution in [2.45, 2.75) is 59.8 Å². The molecule has 1 aromatic carbocycles. The lowest BCUT2D eigenvalue weighted by Crippen LogP contribution is -2.42. The van der Waals surface area contributed by atoms with Crippen molar-refractivity contribution in [3.05, 3.63) is 47.2 Å². The van der Waals surface area contributed by atoms with Crippen LogP contribution in [0, 0.1) is 12.8 Å². The van der Waals surface area contributed by atoms with E-state index < -0.39 is 0 Å². The van der Waals surface area contributed by atoms with E-state index in [4.69, 9.17) is 4.42 Å². The van der Waals surface area contributed by atoms with Crippen molar-refractivity contribution in [2.75, 3.05) is 24.5 Å². The molecule has 2 aromatic rings. The summed E-state index contributed by atoms with van der Waals surface area (Å²) in [7, 11) is 0. The molecule has 6 heteroatoms. The molecule has 2 amide bonds. The Kier molecular flexibility index (Phi) is 6.95. The molecule has 0 spiro atoms. The normalized spacial score (nSPS) is 14.0. The monoisotopic (exact) mass is 411 g/mol. The predicted octanol–water partition coefficient (Wildman–Crippen LogP) is 4.57. The largest absolute Gasteiger partial charge is 0.435 e. The van der Waals surface area contributed by atoms with Crippen LogP contribution in [-0.2, 0) is 11.2 Å². The van der Waals surface area contributed by atoms with E-state index >= 15 is 0 Å². The minimum absolute atomic E-state index is 0.000484. The van der Waals surface area contributed by atoms with Crippen LogP contribution >= 0.6 is 0 Å². The topological polar surface area (TPSA) is 66.7 Å². The minimum Gasteiger partial charge on any atom is -0.435 e. The molecule has 1 aromatic heterocycles. The lowest BCUT2D eigenvalue weighted by atomic mass is 10.0. The fourth-order valence-corrected chi connectivity index (χ4v) is 3.73. The first kappa shape index (κ1) is 22.1. The highest BCUT2D eigenvalue weighted by atomic mass is 16.4. The summed E-state index contributed by atoms with van der Waals surface area (Å²) in [6.07, 6.45) is 2.70. The van der Waals surface area contributed by atoms with Gasteiger partial charge >= 0.3 is 0 Å². The van der Waals surface area contributed by atoms with Gasteiger partial charge in [-0.3, -0.25) is 14.5 Å². The van der Waals surface area contributed by atoms with Crippen LogP contribution in [-0.4, -0.2) is 41.3 Å². The molecule has 0 bridgehead atoms. The molecule has 0 atom stereocenters. The smallest absolute Gasteiger partial charge is 0.296 e. The van der Waals surface area contributed by atoms with Gasteiger partial charge in [0, 0.05) is 25.2 Å². The maximum atomic E-state index is 13.5. The highest BCUT2D eigenvalue weighted by Crippen LogP contribution is 2.24. The van der Waals surface area contributed by atoms with E-state index in [9.17, 15) is 9.59 Å². The number of benzene rings is 1. The van der Waals surface area contributed by atoms with E-state index in [0.29, 0.717) is 35.5 Å². The van der Waals surface area contributed by atoms with Crippen LogP contribution in [0.2, 0.25) is 0 Å². The Hall–Kier alpha value is -2.63. The summed E-state index contributed by atoms with van der Waals surface area (Å²) in [5.74, 6) is 1.19. The van der Waals surface area contributed by atoms with E-state index in [1.165, 1.54) is 10.5 Å². The van der Waals surface area contributed by atoms with Crippen molar-refractivity contribution in [1.82, 2.24) is 9.88 Å². The average molecular weight is 412 g/mol. The minimum atomic E-state index is -0.320. The second-order valence-corrected chi connectivity index (χ2v) is 8.85. The second-order valence-electron chi connectivity index (χ2n) is 8.85. The molecule has 1 saturated heterocycles. The summed E-state index contributed by atoms with van der Waals surface area (Å²) >= 11 is 0. The van der Waals surface area contributed by atoms with E-state index in [1.807, 2.05) is 29.2 Å². The number of oxazole rings is 1. The molecule has 0 saturated carbocycles. The van der Waals surface area contributed by atoms with Gasteiger partial charge in [0.1, 0.15) is 6.54 Å². The Morgan fingerprint density at radius 1 is 1.10 bits per heavy atom. The van der Waals surface area contributed by atoms with E-state index in [1.54, 1.807) is 6.92 Å². The number of likely N-dealkylation sites (tertiary alicyclic amines) is 1. The average Bonchev–Trinajstić information content (AvgIpc) is 3.35. The Balaban J connectivity index is 1.90. The summed E-state index contributed by atoms with van der Waals surface area (Å²) in [5, 5.41) is 0. The van der Waals surface area contributed by atoms with Gasteiger partial charge in [-0.25, -0.2) is 4.98 Å². The molecule has 162 valence electrons. The number of amides is 2. The molecule has 0 N–H and O–H groups in total. The first-order chi connectivity index (χ1) is 14.3. The number of hydrogen-bond acceptors (Lipinski definition) is 4. The van der Waals surface area contributed by atoms with Gasteiger partial charge in [0.25, 0.3) is 5.91 Å². The first-order valence-electron chi connectivity index (χ1n) is 10.9. The number of aryl methyl sites for hydroxylation is 1. The van der Waals surface area contributed by atoms with E-state index in [-0.39, 0.29) is 24.1 Å². The number of aromatic nitrogens is 1. The van der Waals surface area contributed by atoms with Crippen LogP contribution in [0.1, 0.15) is 74.2 Å². The Morgan fingerprint density at radius 3 is 2.30 bits per heavy atom. The lowest BCUT2D eigenvalue weighted by molar-refractivity contribution is -0.128. The third-order valence-corrected chi connectivity index (χ3v) is 5.49. The quantitative estimate of drug-likeness (QED) is 0.669. The zero-order valence-electron chi connectivity index (χ0n) is 18.8. The number of nitrogens with zero attached hydrogens (tertiary/aromatic N) is 3. The maximum absolute atomic E-state index is 13.5. The number of rotatable bonds is 7. The molecule has 0 aliphatic carbocycles. The van der Waals surface area contributed by atoms with Gasteiger partial charge in [-0.05, 0) is 49.3 Å². The van der Waals surface area contributed by atoms with Crippen LogP contribution in [0.3, 0.4) is 0 Å². The Morgan fingerprint density at radius 2 is 1.73 bits per heavy atom. The summed E-state index contributed by atoms with van der Waals surface area (Å²) < 4.78 is 5.83. The van der Waals surface area contributed by atoms with Crippen molar-refractivity contribution in [1.29, 1.82) is 0 Å². The van der Waals surface area contributed by atoms with Gasteiger partial charge in [-0.15, -0.1) is 0 Å². The van der Waals surface area contributed by atoms with E-state index in [0.717, 1.165) is 25.9 Å². The van der Waals surface area contributed by atoms with Crippen LogP contribution in [0.25, 0.3) is 0 Å². The van der Waals surface area contributed by atoms with Crippen molar-refractivity contribution in [3.63, 3.8) is 0 Å². The summed E-state index contributed by atoms with van der Waals surface area (Å²) in [6.45, 7) is 11.7. The molecule has 30 heavy (non-hydrogen) atoms. The van der Waals surface area contributed by atoms with Crippen LogP contribution < -0.4 is 4.90 Å². The number of anilines is 1. The van der Waals surface area contributed by atoms with Crippen molar-refractivity contribution < 1.29 is 14.0 Å². The number of carbonyl (C=O) groups excluding carboxylic acids is 2. The van der Waals surface area contributed by atoms with Crippen LogP contribution in [0.5, 0.6) is 0 Å². The molecule has 0 radical (unpaired) electrons. The maximum Gasteiger partial charge on any atom is 0.296 e. The van der Waals surface area contributed by atoms with Crippen LogP contribution in [0.15, 0.2) is 28.7 Å². The summed E-state index contributed by atoms with van der Waals surface area (Å²) in [4.78, 5) is 34.1. The molecule has 3 rings (SSSR count). The Labute approximate surface area is 179 Å². The first-order valence-corrected chi connectivity index (χ1v) is 10.9. The second kappa shape index (κ2) is 9.45. The fourth-order valence-electron chi connectivity index (χ4n) is 3.73. The van der Waals surface area contributed by atoms with Crippen molar-refractivity contribution >= 4 is 17.5 Å². The molecular weight excluding hydrogens is 378 g/mol. The molecule has 1 aliphatic heterocycles. The van der Waals surface area contributed by atoms with Crippen LogP contribution in [0.4, 0.5) is 5.69 Å². The Bertz CT molecular complexity index is 878. The number of hydrogen-bond donors (Lipinski definition) is 0. The highest BCUT2D eigenvalue weighted by molar-refractivity contribution is 6.07. The fraction of sp³-hybridized carbons (Fsp3) is 0.542. The summed E-state index contributed by atoms with van der Waals surface area (Å²) in [5.41, 5.74) is 2.44. The third-order valence-electron chi connectivity index (χ3n) is 5.49. The standard InChI is InChI=1S/C24H33N3O3/c1-16(2)14-21-25-18(5)23(30-21)24(29)27(15-22(28)26-12-6-7-13-26)20-10-8-19(9-11-20)17(3)4/h8-11,16-17H,6-7,12-15H2,1-5H3. The number of carbonyl (C=O) groups is 2. The highest BCUT2D eigenvalue weighted by Gasteiger charge is 2.29.